The summed E-state index contributed by atoms with van der Waals surface area (Å²) in [6.45, 7) is 18.1. The summed E-state index contributed by atoms with van der Waals surface area (Å²) in [7, 11) is 0. The summed E-state index contributed by atoms with van der Waals surface area (Å²) in [5.41, 5.74) is 1.84. The van der Waals surface area contributed by atoms with Crippen molar-refractivity contribution in [3.05, 3.63) is 36.1 Å². The van der Waals surface area contributed by atoms with E-state index in [-0.39, 0.29) is 0 Å². The number of ether oxygens (including phenoxy) is 1. The zero-order valence-corrected chi connectivity index (χ0v) is 15.3. The Labute approximate surface area is 137 Å². The Morgan fingerprint density at radius 2 is 1.91 bits per heavy atom. The van der Waals surface area contributed by atoms with E-state index in [1.165, 1.54) is 31.5 Å². The average Bonchev–Trinajstić information content (AvgIpc) is 2.52. The smallest absolute Gasteiger partial charge is 0.122 e. The maximum Gasteiger partial charge on any atom is 0.122 e. The predicted molar refractivity (Wildman–Crippen MR) is 96.9 cm³/mol. The Bertz CT molecular complexity index is 396. The average molecular weight is 306 g/mol. The fourth-order valence-electron chi connectivity index (χ4n) is 3.05. The van der Waals surface area contributed by atoms with Crippen molar-refractivity contribution < 1.29 is 4.74 Å². The van der Waals surface area contributed by atoms with Crippen molar-refractivity contribution in [3.8, 4) is 0 Å². The van der Waals surface area contributed by atoms with E-state index in [0.29, 0.717) is 11.5 Å². The third kappa shape index (κ3) is 5.64. The minimum absolute atomic E-state index is 0.339. The van der Waals surface area contributed by atoms with Crippen LogP contribution in [0.15, 0.2) is 36.1 Å². The van der Waals surface area contributed by atoms with Crippen molar-refractivity contribution in [3.63, 3.8) is 0 Å². The Morgan fingerprint density at radius 3 is 2.45 bits per heavy atom. The zero-order chi connectivity index (χ0) is 16.6. The van der Waals surface area contributed by atoms with E-state index in [1.807, 2.05) is 26.0 Å². The van der Waals surface area contributed by atoms with Crippen LogP contribution in [0.25, 0.3) is 0 Å². The molecule has 0 saturated carbocycles. The number of nitrogens with zero attached hydrogens (tertiary/aromatic N) is 1. The quantitative estimate of drug-likeness (QED) is 0.698. The van der Waals surface area contributed by atoms with E-state index in [9.17, 15) is 0 Å². The molecule has 0 aromatic rings. The molecule has 1 atom stereocenters. The lowest BCUT2D eigenvalue weighted by Gasteiger charge is -2.39. The summed E-state index contributed by atoms with van der Waals surface area (Å²) in [6.07, 6.45) is 11.2. The topological polar surface area (TPSA) is 12.5 Å². The maximum absolute atomic E-state index is 6.16. The Morgan fingerprint density at radius 1 is 1.27 bits per heavy atom. The molecule has 0 radical (unpaired) electrons. The standard InChI is InChI=1S/C18H29NO.C2H6/c1-5-7-17-15(6-2)8-9-16(20-17)14-19-12-10-18(3,4)11-13-19;1-2/h5-7,16H,1,8-14H2,2-4H3;1-2H3/b15-6-,17-7+;. The van der Waals surface area contributed by atoms with Gasteiger partial charge in [0.1, 0.15) is 11.9 Å². The van der Waals surface area contributed by atoms with Gasteiger partial charge < -0.3 is 4.74 Å². The lowest BCUT2D eigenvalue weighted by atomic mass is 9.82. The number of allylic oxidation sites excluding steroid dienone is 4. The van der Waals surface area contributed by atoms with Crippen molar-refractivity contribution in [1.82, 2.24) is 4.90 Å². The van der Waals surface area contributed by atoms with Crippen molar-refractivity contribution in [2.75, 3.05) is 19.6 Å². The van der Waals surface area contributed by atoms with Gasteiger partial charge in [-0.2, -0.15) is 0 Å². The second-order valence-electron chi connectivity index (χ2n) is 6.82. The Kier molecular flexibility index (Phi) is 7.95. The van der Waals surface area contributed by atoms with Crippen LogP contribution in [0.2, 0.25) is 0 Å². The van der Waals surface area contributed by atoms with Gasteiger partial charge in [0.25, 0.3) is 0 Å². The molecule has 1 unspecified atom stereocenters. The summed E-state index contributed by atoms with van der Waals surface area (Å²) in [6, 6.07) is 0. The van der Waals surface area contributed by atoms with Crippen LogP contribution < -0.4 is 0 Å². The molecular weight excluding hydrogens is 270 g/mol. The van der Waals surface area contributed by atoms with Gasteiger partial charge in [-0.05, 0) is 62.8 Å². The third-order valence-corrected chi connectivity index (χ3v) is 4.63. The molecule has 2 aliphatic rings. The highest BCUT2D eigenvalue weighted by molar-refractivity contribution is 5.30. The van der Waals surface area contributed by atoms with Crippen LogP contribution >= 0.6 is 0 Å². The van der Waals surface area contributed by atoms with Crippen molar-refractivity contribution in [2.45, 2.75) is 66.4 Å². The van der Waals surface area contributed by atoms with Crippen LogP contribution in [0, 0.1) is 5.41 Å². The minimum Gasteiger partial charge on any atom is -0.489 e. The molecule has 0 amide bonds. The summed E-state index contributed by atoms with van der Waals surface area (Å²) in [4.78, 5) is 2.57. The first-order chi connectivity index (χ1) is 10.5. The fraction of sp³-hybridized carbons (Fsp3) is 0.700. The SMILES string of the molecule is C=C/C=C1/OC(CN2CCC(C)(C)CC2)CC/C1=C/C.CC. The van der Waals surface area contributed by atoms with Gasteiger partial charge in [-0.15, -0.1) is 0 Å². The van der Waals surface area contributed by atoms with Gasteiger partial charge in [0, 0.05) is 6.54 Å². The number of likely N-dealkylation sites (tertiary alicyclic amines) is 1. The maximum atomic E-state index is 6.16. The molecule has 0 bridgehead atoms. The van der Waals surface area contributed by atoms with Gasteiger partial charge in [-0.25, -0.2) is 0 Å². The molecule has 22 heavy (non-hydrogen) atoms. The molecule has 2 heteroatoms. The van der Waals surface area contributed by atoms with Gasteiger partial charge in [-0.1, -0.05) is 46.4 Å². The van der Waals surface area contributed by atoms with E-state index in [2.05, 4.69) is 38.3 Å². The molecule has 0 spiro atoms. The summed E-state index contributed by atoms with van der Waals surface area (Å²) >= 11 is 0. The monoisotopic (exact) mass is 305 g/mol. The summed E-state index contributed by atoms with van der Waals surface area (Å²) < 4.78 is 6.16. The van der Waals surface area contributed by atoms with Crippen LogP contribution in [0.1, 0.15) is 60.3 Å². The van der Waals surface area contributed by atoms with E-state index >= 15 is 0 Å². The molecule has 0 aromatic carbocycles. The highest BCUT2D eigenvalue weighted by atomic mass is 16.5. The van der Waals surface area contributed by atoms with Crippen LogP contribution in [0.3, 0.4) is 0 Å². The minimum atomic E-state index is 0.339. The largest absolute Gasteiger partial charge is 0.489 e. The van der Waals surface area contributed by atoms with E-state index in [1.54, 1.807) is 0 Å². The molecule has 126 valence electrons. The van der Waals surface area contributed by atoms with Crippen LogP contribution in [0.5, 0.6) is 0 Å². The van der Waals surface area contributed by atoms with E-state index in [0.717, 1.165) is 25.1 Å². The first kappa shape index (κ1) is 19.0. The third-order valence-electron chi connectivity index (χ3n) is 4.63. The molecule has 0 aromatic heterocycles. The highest BCUT2D eigenvalue weighted by Crippen LogP contribution is 2.32. The molecule has 2 nitrogen and oxygen atoms in total. The van der Waals surface area contributed by atoms with Crippen LogP contribution in [-0.4, -0.2) is 30.6 Å². The normalized spacial score (nSPS) is 28.7. The Balaban J connectivity index is 0.00000116. The number of rotatable bonds is 3. The molecule has 2 saturated heterocycles. The second-order valence-corrected chi connectivity index (χ2v) is 6.82. The van der Waals surface area contributed by atoms with Gasteiger partial charge in [-0.3, -0.25) is 4.90 Å². The molecular formula is C20H35NO. The second kappa shape index (κ2) is 9.19. The van der Waals surface area contributed by atoms with Crippen LogP contribution in [-0.2, 0) is 4.74 Å². The lowest BCUT2D eigenvalue weighted by Crippen LogP contribution is -2.42. The first-order valence-electron chi connectivity index (χ1n) is 8.91. The fourth-order valence-corrected chi connectivity index (χ4v) is 3.05. The predicted octanol–water partition coefficient (Wildman–Crippen LogP) is 5.33. The molecule has 0 aliphatic carbocycles. The summed E-state index contributed by atoms with van der Waals surface area (Å²) in [5, 5.41) is 0. The summed E-state index contributed by atoms with van der Waals surface area (Å²) in [5.74, 6) is 1.02. The molecule has 2 fully saturated rings. The van der Waals surface area contributed by atoms with Gasteiger partial charge >= 0.3 is 0 Å². The number of piperidine rings is 1. The van der Waals surface area contributed by atoms with Crippen molar-refractivity contribution in [1.29, 1.82) is 0 Å². The zero-order valence-electron chi connectivity index (χ0n) is 15.3. The van der Waals surface area contributed by atoms with Crippen LogP contribution in [0.4, 0.5) is 0 Å². The molecule has 2 heterocycles. The van der Waals surface area contributed by atoms with Gasteiger partial charge in [0.2, 0.25) is 0 Å². The van der Waals surface area contributed by atoms with Crippen molar-refractivity contribution in [2.24, 2.45) is 5.41 Å². The van der Waals surface area contributed by atoms with E-state index in [4.69, 9.17) is 4.74 Å². The lowest BCUT2D eigenvalue weighted by molar-refractivity contribution is 0.0363. The molecule has 2 rings (SSSR count). The number of hydrogen-bond donors (Lipinski definition) is 0. The highest BCUT2D eigenvalue weighted by Gasteiger charge is 2.28. The van der Waals surface area contributed by atoms with Crippen molar-refractivity contribution >= 4 is 0 Å². The molecule has 0 N–H and O–H groups in total. The van der Waals surface area contributed by atoms with Gasteiger partial charge in [0.05, 0.1) is 0 Å². The number of hydrogen-bond acceptors (Lipinski definition) is 2. The van der Waals surface area contributed by atoms with E-state index < -0.39 is 0 Å². The van der Waals surface area contributed by atoms with Gasteiger partial charge in [0.15, 0.2) is 0 Å². The first-order valence-corrected chi connectivity index (χ1v) is 8.91. The molecule has 2 aliphatic heterocycles. The Hall–Kier alpha value is -1.02.